The Labute approximate surface area is 116 Å². The molecular weight excluding hydrogens is 260 g/mol. The lowest BCUT2D eigenvalue weighted by Gasteiger charge is -2.16. The van der Waals surface area contributed by atoms with Crippen LogP contribution in [0, 0.1) is 17.0 Å². The van der Waals surface area contributed by atoms with Crippen LogP contribution in [0.4, 0.5) is 11.5 Å². The Bertz CT molecular complexity index is 571. The summed E-state index contributed by atoms with van der Waals surface area (Å²) in [5, 5.41) is 14.1. The number of pyridine rings is 1. The third-order valence-electron chi connectivity index (χ3n) is 3.69. The van der Waals surface area contributed by atoms with Gasteiger partial charge in [-0.2, -0.15) is 0 Å². The fourth-order valence-electron chi connectivity index (χ4n) is 2.56. The maximum absolute atomic E-state index is 11.9. The highest BCUT2D eigenvalue weighted by atomic mass is 16.6. The highest BCUT2D eigenvalue weighted by molar-refractivity contribution is 5.80. The zero-order valence-electron chi connectivity index (χ0n) is 11.2. The minimum Gasteiger partial charge on any atom is -0.359 e. The van der Waals surface area contributed by atoms with E-state index in [4.69, 9.17) is 0 Å². The van der Waals surface area contributed by atoms with E-state index in [1.54, 1.807) is 13.1 Å². The Hall–Kier alpha value is -2.18. The second-order valence-corrected chi connectivity index (χ2v) is 5.46. The van der Waals surface area contributed by atoms with E-state index in [0.717, 1.165) is 18.4 Å². The van der Waals surface area contributed by atoms with Crippen molar-refractivity contribution in [1.82, 2.24) is 9.88 Å². The van der Waals surface area contributed by atoms with Gasteiger partial charge in [-0.1, -0.05) is 0 Å². The van der Waals surface area contributed by atoms with Crippen molar-refractivity contribution in [3.63, 3.8) is 0 Å². The normalized spacial score (nSPS) is 22.1. The molecule has 1 aromatic heterocycles. The van der Waals surface area contributed by atoms with Gasteiger partial charge >= 0.3 is 5.69 Å². The topological polar surface area (TPSA) is 88.4 Å². The molecular formula is C13H16N4O3. The number of rotatable bonds is 4. The average Bonchev–Trinajstić information content (AvgIpc) is 3.16. The summed E-state index contributed by atoms with van der Waals surface area (Å²) in [6.45, 7) is 2.37. The monoisotopic (exact) mass is 276 g/mol. The number of amides is 1. The molecule has 1 aliphatic carbocycles. The summed E-state index contributed by atoms with van der Waals surface area (Å²) in [6.07, 6.45) is 4.11. The van der Waals surface area contributed by atoms with Crippen LogP contribution in [-0.2, 0) is 4.79 Å². The molecule has 2 aliphatic rings. The lowest BCUT2D eigenvalue weighted by Crippen LogP contribution is -2.30. The van der Waals surface area contributed by atoms with E-state index in [0.29, 0.717) is 19.0 Å². The summed E-state index contributed by atoms with van der Waals surface area (Å²) in [5.74, 6) is 0.371. The number of nitrogens with zero attached hydrogens (tertiary/aromatic N) is 3. The fraction of sp³-hybridized carbons (Fsp3) is 0.538. The lowest BCUT2D eigenvalue weighted by atomic mass is 10.2. The van der Waals surface area contributed by atoms with Crippen LogP contribution in [0.5, 0.6) is 0 Å². The van der Waals surface area contributed by atoms with Crippen LogP contribution in [0.2, 0.25) is 0 Å². The van der Waals surface area contributed by atoms with Crippen molar-refractivity contribution in [1.29, 1.82) is 0 Å². The molecule has 1 atom stereocenters. The van der Waals surface area contributed by atoms with Gasteiger partial charge in [-0.15, -0.1) is 0 Å². The van der Waals surface area contributed by atoms with Gasteiger partial charge in [-0.3, -0.25) is 14.9 Å². The van der Waals surface area contributed by atoms with Crippen molar-refractivity contribution >= 4 is 17.4 Å². The first kappa shape index (κ1) is 12.8. The van der Waals surface area contributed by atoms with Gasteiger partial charge < -0.3 is 10.2 Å². The van der Waals surface area contributed by atoms with Crippen molar-refractivity contribution in [3.05, 3.63) is 27.9 Å². The number of hydrogen-bond donors (Lipinski definition) is 1. The summed E-state index contributed by atoms with van der Waals surface area (Å²) < 4.78 is 0. The van der Waals surface area contributed by atoms with Crippen LogP contribution in [0.1, 0.15) is 24.8 Å². The van der Waals surface area contributed by atoms with Crippen molar-refractivity contribution in [2.24, 2.45) is 0 Å². The van der Waals surface area contributed by atoms with Crippen LogP contribution in [0.25, 0.3) is 0 Å². The summed E-state index contributed by atoms with van der Waals surface area (Å²) in [5.41, 5.74) is 0.701. The Kier molecular flexibility index (Phi) is 3.04. The lowest BCUT2D eigenvalue weighted by molar-refractivity contribution is -0.384. The van der Waals surface area contributed by atoms with Crippen molar-refractivity contribution in [2.45, 2.75) is 38.3 Å². The molecule has 0 spiro atoms. The van der Waals surface area contributed by atoms with E-state index in [2.05, 4.69) is 10.3 Å². The van der Waals surface area contributed by atoms with Crippen molar-refractivity contribution in [2.75, 3.05) is 11.9 Å². The first-order valence-electron chi connectivity index (χ1n) is 6.71. The number of aromatic nitrogens is 1. The highest BCUT2D eigenvalue weighted by Gasteiger charge is 2.39. The largest absolute Gasteiger partial charge is 0.359 e. The molecule has 106 valence electrons. The maximum atomic E-state index is 11.9. The molecule has 0 aromatic carbocycles. The van der Waals surface area contributed by atoms with E-state index < -0.39 is 4.92 Å². The van der Waals surface area contributed by atoms with Gasteiger partial charge in [0.15, 0.2) is 0 Å². The number of anilines is 1. The smallest absolute Gasteiger partial charge is 0.311 e. The van der Waals surface area contributed by atoms with Crippen LogP contribution in [0.15, 0.2) is 12.3 Å². The molecule has 0 bridgehead atoms. The van der Waals surface area contributed by atoms with Gasteiger partial charge in [0.25, 0.3) is 0 Å². The zero-order valence-corrected chi connectivity index (χ0v) is 11.2. The number of aryl methyl sites for hydroxylation is 1. The number of nitrogens with one attached hydrogen (secondary N) is 1. The van der Waals surface area contributed by atoms with Crippen molar-refractivity contribution < 1.29 is 9.72 Å². The number of likely N-dealkylation sites (tertiary alicyclic amines) is 1. The highest BCUT2D eigenvalue weighted by Crippen LogP contribution is 2.32. The summed E-state index contributed by atoms with van der Waals surface area (Å²) in [4.78, 5) is 28.4. The quantitative estimate of drug-likeness (QED) is 0.664. The fourth-order valence-corrected chi connectivity index (χ4v) is 2.56. The van der Waals surface area contributed by atoms with Crippen LogP contribution >= 0.6 is 0 Å². The average molecular weight is 276 g/mol. The molecule has 7 heteroatoms. The first-order chi connectivity index (χ1) is 9.54. The number of hydrogen-bond acceptors (Lipinski definition) is 5. The molecule has 1 saturated heterocycles. The van der Waals surface area contributed by atoms with E-state index in [-0.39, 0.29) is 23.5 Å². The SMILES string of the molecule is Cc1cnc(NC2CC(=O)N(C3CC3)C2)c([N+](=O)[O-])c1. The van der Waals surface area contributed by atoms with Crippen LogP contribution < -0.4 is 5.32 Å². The predicted molar refractivity (Wildman–Crippen MR) is 72.4 cm³/mol. The second-order valence-electron chi connectivity index (χ2n) is 5.46. The zero-order chi connectivity index (χ0) is 14.3. The number of carbonyl (C=O) groups excluding carboxylic acids is 1. The molecule has 2 heterocycles. The van der Waals surface area contributed by atoms with E-state index in [1.807, 2.05) is 4.90 Å². The maximum Gasteiger partial charge on any atom is 0.311 e. The minimum atomic E-state index is -0.447. The van der Waals surface area contributed by atoms with Gasteiger partial charge in [0, 0.05) is 31.3 Å². The molecule has 2 fully saturated rings. The second kappa shape index (κ2) is 4.73. The molecule has 1 amide bonds. The third-order valence-corrected chi connectivity index (χ3v) is 3.69. The predicted octanol–water partition coefficient (Wildman–Crippen LogP) is 1.47. The third kappa shape index (κ3) is 2.43. The van der Waals surface area contributed by atoms with E-state index >= 15 is 0 Å². The van der Waals surface area contributed by atoms with Gasteiger partial charge in [-0.05, 0) is 25.3 Å². The van der Waals surface area contributed by atoms with Crippen LogP contribution in [0.3, 0.4) is 0 Å². The molecule has 1 aliphatic heterocycles. The van der Waals surface area contributed by atoms with Crippen molar-refractivity contribution in [3.8, 4) is 0 Å². The minimum absolute atomic E-state index is 0.0395. The summed E-state index contributed by atoms with van der Waals surface area (Å²) >= 11 is 0. The molecule has 1 saturated carbocycles. The van der Waals surface area contributed by atoms with E-state index in [9.17, 15) is 14.9 Å². The Balaban J connectivity index is 1.75. The number of carbonyl (C=O) groups is 1. The molecule has 3 rings (SSSR count). The van der Waals surface area contributed by atoms with Gasteiger partial charge in [-0.25, -0.2) is 4.98 Å². The van der Waals surface area contributed by atoms with Gasteiger partial charge in [0.05, 0.1) is 11.0 Å². The number of nitro groups is 1. The molecule has 1 aromatic rings. The summed E-state index contributed by atoms with van der Waals surface area (Å²) in [7, 11) is 0. The van der Waals surface area contributed by atoms with E-state index in [1.165, 1.54) is 6.07 Å². The molecule has 0 radical (unpaired) electrons. The first-order valence-corrected chi connectivity index (χ1v) is 6.71. The molecule has 1 unspecified atom stereocenters. The Morgan fingerprint density at radius 1 is 1.50 bits per heavy atom. The molecule has 20 heavy (non-hydrogen) atoms. The molecule has 7 nitrogen and oxygen atoms in total. The van der Waals surface area contributed by atoms with Crippen LogP contribution in [-0.4, -0.2) is 39.3 Å². The molecule has 1 N–H and O–H groups in total. The Morgan fingerprint density at radius 3 is 2.90 bits per heavy atom. The Morgan fingerprint density at radius 2 is 2.25 bits per heavy atom. The van der Waals surface area contributed by atoms with Gasteiger partial charge in [0.2, 0.25) is 11.7 Å². The standard InChI is InChI=1S/C13H16N4O3/c1-8-4-11(17(19)20)13(14-6-8)15-9-5-12(18)16(7-9)10-2-3-10/h4,6,9-10H,2-3,5,7H2,1H3,(H,14,15). The summed E-state index contributed by atoms with van der Waals surface area (Å²) in [6, 6.07) is 1.78. The van der Waals surface area contributed by atoms with Gasteiger partial charge in [0.1, 0.15) is 0 Å².